The molecule has 0 amide bonds. The summed E-state index contributed by atoms with van der Waals surface area (Å²) in [6, 6.07) is 23.0. The molecule has 6 aromatic rings. The van der Waals surface area contributed by atoms with Crippen LogP contribution in [0.4, 0.5) is 0 Å². The van der Waals surface area contributed by atoms with Crippen LogP contribution >= 0.6 is 11.6 Å². The lowest BCUT2D eigenvalue weighted by Gasteiger charge is -2.30. The summed E-state index contributed by atoms with van der Waals surface area (Å²) in [5.41, 5.74) is 6.61. The van der Waals surface area contributed by atoms with E-state index in [1.165, 1.54) is 16.7 Å². The number of imidazole rings is 1. The molecule has 1 N–H and O–H groups in total. The Morgan fingerprint density at radius 2 is 1.65 bits per heavy atom. The highest BCUT2D eigenvalue weighted by atomic mass is 35.5. The average Bonchev–Trinajstić information content (AvgIpc) is 3.67. The molecule has 1 saturated heterocycles. The molecule has 2 aromatic carbocycles. The highest BCUT2D eigenvalue weighted by molar-refractivity contribution is 6.30. The fourth-order valence-electron chi connectivity index (χ4n) is 5.49. The van der Waals surface area contributed by atoms with Crippen LogP contribution in [0, 0.1) is 0 Å². The third kappa shape index (κ3) is 4.87. The second-order valence-corrected chi connectivity index (χ2v) is 10.6. The fourth-order valence-corrected chi connectivity index (χ4v) is 5.60. The summed E-state index contributed by atoms with van der Waals surface area (Å²) in [5, 5.41) is 9.35. The van der Waals surface area contributed by atoms with Crippen LogP contribution in [0.3, 0.4) is 0 Å². The lowest BCUT2D eigenvalue weighted by Crippen LogP contribution is -2.32. The molecule has 0 saturated carbocycles. The molecule has 40 heavy (non-hydrogen) atoms. The van der Waals surface area contributed by atoms with Gasteiger partial charge in [-0.15, -0.1) is 10.2 Å². The molecule has 0 spiro atoms. The largest absolute Gasteiger partial charge is 0.323 e. The van der Waals surface area contributed by atoms with Gasteiger partial charge in [0, 0.05) is 36.6 Å². The van der Waals surface area contributed by atoms with Crippen LogP contribution in [0.5, 0.6) is 0 Å². The summed E-state index contributed by atoms with van der Waals surface area (Å²) in [5.74, 6) is 2.71. The normalized spacial score (nSPS) is 14.6. The fraction of sp³-hybridized carbons (Fsp3) is 0.194. The minimum Gasteiger partial charge on any atom is -0.323 e. The van der Waals surface area contributed by atoms with Crippen LogP contribution in [0.25, 0.3) is 39.7 Å². The number of H-pyrrole nitrogens is 1. The Kier molecular flexibility index (Phi) is 6.55. The van der Waals surface area contributed by atoms with Gasteiger partial charge in [0.2, 0.25) is 5.78 Å². The monoisotopic (exact) mass is 546 g/mol. The zero-order chi connectivity index (χ0) is 26.9. The summed E-state index contributed by atoms with van der Waals surface area (Å²) in [4.78, 5) is 19.1. The Balaban J connectivity index is 1.01. The first-order valence-corrected chi connectivity index (χ1v) is 13.8. The van der Waals surface area contributed by atoms with Crippen LogP contribution in [0.2, 0.25) is 5.02 Å². The van der Waals surface area contributed by atoms with E-state index in [9.17, 15) is 0 Å². The number of aromatic nitrogens is 7. The van der Waals surface area contributed by atoms with E-state index in [-0.39, 0.29) is 0 Å². The first-order valence-electron chi connectivity index (χ1n) is 13.4. The number of likely N-dealkylation sites (tertiary alicyclic amines) is 1. The molecule has 0 radical (unpaired) electrons. The van der Waals surface area contributed by atoms with Gasteiger partial charge >= 0.3 is 0 Å². The number of piperidine rings is 1. The third-order valence-electron chi connectivity index (χ3n) is 7.61. The Hall–Kier alpha value is -4.40. The number of hydrogen-bond donors (Lipinski definition) is 1. The number of halogens is 1. The smallest absolute Gasteiger partial charge is 0.234 e. The second kappa shape index (κ2) is 10.6. The zero-order valence-electron chi connectivity index (χ0n) is 21.8. The van der Waals surface area contributed by atoms with Gasteiger partial charge in [-0.05, 0) is 60.8 Å². The van der Waals surface area contributed by atoms with Crippen molar-refractivity contribution in [3.63, 3.8) is 0 Å². The van der Waals surface area contributed by atoms with E-state index >= 15 is 0 Å². The summed E-state index contributed by atoms with van der Waals surface area (Å²) in [6.45, 7) is 2.98. The van der Waals surface area contributed by atoms with Crippen LogP contribution in [0.1, 0.15) is 30.1 Å². The van der Waals surface area contributed by atoms with Gasteiger partial charge in [0.05, 0.1) is 16.9 Å². The van der Waals surface area contributed by atoms with Gasteiger partial charge in [0.1, 0.15) is 11.5 Å². The van der Waals surface area contributed by atoms with Crippen molar-refractivity contribution in [3.05, 3.63) is 108 Å². The van der Waals surface area contributed by atoms with Crippen molar-refractivity contribution in [1.29, 1.82) is 0 Å². The van der Waals surface area contributed by atoms with Gasteiger partial charge in [-0.3, -0.25) is 14.3 Å². The molecular weight excluding hydrogens is 520 g/mol. The summed E-state index contributed by atoms with van der Waals surface area (Å²) in [7, 11) is 0. The van der Waals surface area contributed by atoms with E-state index < -0.39 is 0 Å². The predicted octanol–water partition coefficient (Wildman–Crippen LogP) is 6.28. The quantitative estimate of drug-likeness (QED) is 0.265. The Morgan fingerprint density at radius 1 is 0.825 bits per heavy atom. The van der Waals surface area contributed by atoms with Crippen molar-refractivity contribution in [1.82, 2.24) is 39.4 Å². The van der Waals surface area contributed by atoms with Gasteiger partial charge in [-0.2, -0.15) is 0 Å². The molecule has 0 aliphatic carbocycles. The van der Waals surface area contributed by atoms with E-state index in [4.69, 9.17) is 11.6 Å². The van der Waals surface area contributed by atoms with Crippen LogP contribution in [-0.2, 0) is 6.54 Å². The number of fused-ring (bicyclic) bond motifs is 1. The number of aromatic amines is 1. The summed E-state index contributed by atoms with van der Waals surface area (Å²) in [6.07, 6.45) is 9.38. The molecule has 1 aliphatic heterocycles. The molecular formula is C31H27ClN8. The highest BCUT2D eigenvalue weighted by Crippen LogP contribution is 2.33. The Bertz CT molecular complexity index is 1750. The SMILES string of the molecule is Clc1ccc(-c2nnc(C3CCN(Cc4ccc(-c5ccccc5-c5cnc6ncccn56)cc4)CC3)[nH]2)nc1. The van der Waals surface area contributed by atoms with Gasteiger partial charge in [0.15, 0.2) is 5.82 Å². The van der Waals surface area contributed by atoms with E-state index in [2.05, 4.69) is 83.6 Å². The topological polar surface area (TPSA) is 87.9 Å². The molecule has 5 heterocycles. The maximum absolute atomic E-state index is 5.96. The second-order valence-electron chi connectivity index (χ2n) is 10.1. The van der Waals surface area contributed by atoms with Crippen molar-refractivity contribution < 1.29 is 0 Å². The molecule has 1 fully saturated rings. The van der Waals surface area contributed by atoms with E-state index in [1.807, 2.05) is 35.0 Å². The standard InChI is InChI=1S/C31H27ClN8/c32-24-10-11-27(34-18-24)30-36-29(37-38-30)23-12-16-39(17-13-23)20-21-6-8-22(9-7-21)25-4-1-2-5-26(25)28-19-35-31-33-14-3-15-40(28)31/h1-11,14-15,18-19,23H,12-13,16-17,20H2,(H,36,37,38). The zero-order valence-corrected chi connectivity index (χ0v) is 22.5. The number of benzene rings is 2. The van der Waals surface area contributed by atoms with Crippen LogP contribution in [0.15, 0.2) is 91.5 Å². The first-order chi connectivity index (χ1) is 19.7. The number of nitrogens with one attached hydrogen (secondary N) is 1. The number of nitrogens with zero attached hydrogens (tertiary/aromatic N) is 7. The predicted molar refractivity (Wildman–Crippen MR) is 156 cm³/mol. The lowest BCUT2D eigenvalue weighted by atomic mass is 9.95. The van der Waals surface area contributed by atoms with Gasteiger partial charge in [0.25, 0.3) is 0 Å². The summed E-state index contributed by atoms with van der Waals surface area (Å²) < 4.78 is 2.03. The van der Waals surface area contributed by atoms with Crippen molar-refractivity contribution in [3.8, 4) is 33.9 Å². The minimum atomic E-state index is 0.374. The molecule has 8 nitrogen and oxygen atoms in total. The Labute approximate surface area is 236 Å². The number of pyridine rings is 1. The van der Waals surface area contributed by atoms with Crippen molar-refractivity contribution in [2.45, 2.75) is 25.3 Å². The van der Waals surface area contributed by atoms with Crippen molar-refractivity contribution in [2.24, 2.45) is 0 Å². The van der Waals surface area contributed by atoms with Gasteiger partial charge in [-0.25, -0.2) is 9.97 Å². The van der Waals surface area contributed by atoms with E-state index in [0.29, 0.717) is 22.5 Å². The molecule has 4 aromatic heterocycles. The summed E-state index contributed by atoms with van der Waals surface area (Å²) >= 11 is 5.96. The minimum absolute atomic E-state index is 0.374. The number of rotatable bonds is 6. The van der Waals surface area contributed by atoms with Crippen LogP contribution in [-0.4, -0.2) is 52.5 Å². The maximum Gasteiger partial charge on any atom is 0.234 e. The maximum atomic E-state index is 5.96. The molecule has 7 rings (SSSR count). The molecule has 198 valence electrons. The van der Waals surface area contributed by atoms with Crippen molar-refractivity contribution >= 4 is 17.4 Å². The molecule has 9 heteroatoms. The third-order valence-corrected chi connectivity index (χ3v) is 7.83. The highest BCUT2D eigenvalue weighted by Gasteiger charge is 2.24. The van der Waals surface area contributed by atoms with E-state index in [0.717, 1.165) is 55.3 Å². The average molecular weight is 547 g/mol. The van der Waals surface area contributed by atoms with Gasteiger partial charge in [-0.1, -0.05) is 60.1 Å². The van der Waals surface area contributed by atoms with Crippen molar-refractivity contribution in [2.75, 3.05) is 13.1 Å². The molecule has 1 aliphatic rings. The molecule has 0 atom stereocenters. The van der Waals surface area contributed by atoms with Gasteiger partial charge < -0.3 is 4.98 Å². The molecule has 0 unspecified atom stereocenters. The van der Waals surface area contributed by atoms with E-state index in [1.54, 1.807) is 12.4 Å². The van der Waals surface area contributed by atoms with Crippen LogP contribution < -0.4 is 0 Å². The lowest BCUT2D eigenvalue weighted by molar-refractivity contribution is 0.202. The Morgan fingerprint density at radius 3 is 2.45 bits per heavy atom. The molecule has 0 bridgehead atoms. The first kappa shape index (κ1) is 24.6. The number of hydrogen-bond acceptors (Lipinski definition) is 6.